The van der Waals surface area contributed by atoms with Crippen LogP contribution in [0.3, 0.4) is 0 Å². The first-order valence-electron chi connectivity index (χ1n) is 9.93. The third-order valence-electron chi connectivity index (χ3n) is 4.48. The number of hydrogen-bond acceptors (Lipinski definition) is 6. The SMILES string of the molecule is CCCOc1ccc(CN=Cc2c(O)[nH]c(=O)c3ccc(Br)cc23)cc1OC(=O)CC. The number of ether oxygens (including phenoxy) is 2. The van der Waals surface area contributed by atoms with E-state index in [0.29, 0.717) is 34.4 Å². The minimum atomic E-state index is -0.373. The van der Waals surface area contributed by atoms with Crippen molar-refractivity contribution in [2.75, 3.05) is 6.61 Å². The Balaban J connectivity index is 1.88. The van der Waals surface area contributed by atoms with Crippen LogP contribution >= 0.6 is 15.9 Å². The molecule has 0 aliphatic carbocycles. The molecule has 2 aromatic carbocycles. The van der Waals surface area contributed by atoms with Gasteiger partial charge in [-0.2, -0.15) is 0 Å². The number of aromatic hydroxyl groups is 1. The summed E-state index contributed by atoms with van der Waals surface area (Å²) in [6, 6.07) is 10.5. The third-order valence-corrected chi connectivity index (χ3v) is 4.97. The fourth-order valence-corrected chi connectivity index (χ4v) is 3.30. The van der Waals surface area contributed by atoms with Gasteiger partial charge in [-0.15, -0.1) is 0 Å². The highest BCUT2D eigenvalue weighted by atomic mass is 79.9. The molecule has 0 unspecified atom stereocenters. The summed E-state index contributed by atoms with van der Waals surface area (Å²) in [5, 5.41) is 11.3. The predicted molar refractivity (Wildman–Crippen MR) is 123 cm³/mol. The molecule has 0 bridgehead atoms. The lowest BCUT2D eigenvalue weighted by Gasteiger charge is -2.12. The number of H-pyrrole nitrogens is 1. The van der Waals surface area contributed by atoms with Crippen LogP contribution in [0.5, 0.6) is 17.4 Å². The molecule has 0 saturated heterocycles. The Labute approximate surface area is 187 Å². The molecule has 0 radical (unpaired) electrons. The summed E-state index contributed by atoms with van der Waals surface area (Å²) in [6.45, 7) is 4.51. The van der Waals surface area contributed by atoms with Gasteiger partial charge >= 0.3 is 5.97 Å². The third kappa shape index (κ3) is 5.52. The highest BCUT2D eigenvalue weighted by molar-refractivity contribution is 9.10. The first-order chi connectivity index (χ1) is 14.9. The van der Waals surface area contributed by atoms with Crippen molar-refractivity contribution in [3.63, 3.8) is 0 Å². The van der Waals surface area contributed by atoms with E-state index >= 15 is 0 Å². The number of benzene rings is 2. The van der Waals surface area contributed by atoms with Gasteiger partial charge in [-0.1, -0.05) is 35.8 Å². The van der Waals surface area contributed by atoms with Gasteiger partial charge in [0.1, 0.15) is 0 Å². The highest BCUT2D eigenvalue weighted by Gasteiger charge is 2.12. The second-order valence-electron chi connectivity index (χ2n) is 6.83. The number of pyridine rings is 1. The molecule has 162 valence electrons. The lowest BCUT2D eigenvalue weighted by molar-refractivity contribution is -0.134. The van der Waals surface area contributed by atoms with Crippen LogP contribution in [0.25, 0.3) is 10.8 Å². The van der Waals surface area contributed by atoms with E-state index in [1.165, 1.54) is 6.21 Å². The van der Waals surface area contributed by atoms with Crippen molar-refractivity contribution in [1.82, 2.24) is 4.98 Å². The largest absolute Gasteiger partial charge is 0.494 e. The van der Waals surface area contributed by atoms with Crippen molar-refractivity contribution in [3.05, 3.63) is 62.4 Å². The van der Waals surface area contributed by atoms with Crippen molar-refractivity contribution in [1.29, 1.82) is 0 Å². The molecule has 8 heteroatoms. The molecule has 1 heterocycles. The zero-order valence-electron chi connectivity index (χ0n) is 17.3. The van der Waals surface area contributed by atoms with Gasteiger partial charge in [0.05, 0.1) is 18.7 Å². The van der Waals surface area contributed by atoms with E-state index in [4.69, 9.17) is 9.47 Å². The normalized spacial score (nSPS) is 11.2. The van der Waals surface area contributed by atoms with Crippen molar-refractivity contribution in [2.24, 2.45) is 4.99 Å². The van der Waals surface area contributed by atoms with Gasteiger partial charge in [0, 0.05) is 27.9 Å². The molecule has 0 saturated carbocycles. The average Bonchev–Trinajstić information content (AvgIpc) is 2.75. The summed E-state index contributed by atoms with van der Waals surface area (Å²) >= 11 is 3.39. The van der Waals surface area contributed by atoms with E-state index in [0.717, 1.165) is 16.5 Å². The van der Waals surface area contributed by atoms with Crippen LogP contribution in [0, 0.1) is 0 Å². The van der Waals surface area contributed by atoms with Crippen LogP contribution in [0.2, 0.25) is 0 Å². The van der Waals surface area contributed by atoms with Crippen LogP contribution < -0.4 is 15.0 Å². The van der Waals surface area contributed by atoms with Gasteiger partial charge in [-0.3, -0.25) is 19.6 Å². The average molecular weight is 487 g/mol. The molecule has 0 aliphatic heterocycles. The molecule has 0 amide bonds. The van der Waals surface area contributed by atoms with Crippen LogP contribution in [-0.2, 0) is 11.3 Å². The summed E-state index contributed by atoms with van der Waals surface area (Å²) < 4.78 is 11.8. The number of hydrogen-bond donors (Lipinski definition) is 2. The molecule has 0 aliphatic rings. The Bertz CT molecular complexity index is 1190. The minimum Gasteiger partial charge on any atom is -0.494 e. The molecule has 2 N–H and O–H groups in total. The fraction of sp³-hybridized carbons (Fsp3) is 0.261. The molecule has 31 heavy (non-hydrogen) atoms. The first kappa shape index (κ1) is 22.6. The maximum absolute atomic E-state index is 12.1. The van der Waals surface area contributed by atoms with E-state index in [2.05, 4.69) is 25.9 Å². The van der Waals surface area contributed by atoms with Gasteiger partial charge < -0.3 is 14.6 Å². The van der Waals surface area contributed by atoms with E-state index in [1.807, 2.05) is 13.0 Å². The maximum atomic E-state index is 12.1. The topological polar surface area (TPSA) is 101 Å². The van der Waals surface area contributed by atoms with E-state index in [9.17, 15) is 14.7 Å². The Hall–Kier alpha value is -3.13. The molecule has 1 aromatic heterocycles. The molecule has 7 nitrogen and oxygen atoms in total. The van der Waals surface area contributed by atoms with Crippen molar-refractivity contribution < 1.29 is 19.4 Å². The number of carbonyl (C=O) groups is 1. The summed E-state index contributed by atoms with van der Waals surface area (Å²) in [7, 11) is 0. The van der Waals surface area contributed by atoms with E-state index in [-0.39, 0.29) is 30.4 Å². The Morgan fingerprint density at radius 1 is 1.16 bits per heavy atom. The summed E-state index contributed by atoms with van der Waals surface area (Å²) in [5.74, 6) is 0.261. The van der Waals surface area contributed by atoms with Crippen molar-refractivity contribution >= 4 is 38.9 Å². The summed E-state index contributed by atoms with van der Waals surface area (Å²) in [5.41, 5.74) is 0.840. The second kappa shape index (κ2) is 10.3. The van der Waals surface area contributed by atoms with Crippen LogP contribution in [0.4, 0.5) is 0 Å². The number of nitrogens with one attached hydrogen (secondary N) is 1. The van der Waals surface area contributed by atoms with Crippen molar-refractivity contribution in [2.45, 2.75) is 33.2 Å². The van der Waals surface area contributed by atoms with Gasteiger partial charge in [0.25, 0.3) is 5.56 Å². The van der Waals surface area contributed by atoms with Crippen molar-refractivity contribution in [3.8, 4) is 17.4 Å². The fourth-order valence-electron chi connectivity index (χ4n) is 2.94. The van der Waals surface area contributed by atoms with Gasteiger partial charge in [0.2, 0.25) is 5.88 Å². The molecule has 0 atom stereocenters. The number of esters is 1. The minimum absolute atomic E-state index is 0.250. The highest BCUT2D eigenvalue weighted by Crippen LogP contribution is 2.30. The number of aromatic nitrogens is 1. The molecular weight excluding hydrogens is 464 g/mol. The van der Waals surface area contributed by atoms with E-state index in [1.54, 1.807) is 37.3 Å². The van der Waals surface area contributed by atoms with Gasteiger partial charge in [-0.25, -0.2) is 0 Å². The summed E-state index contributed by atoms with van der Waals surface area (Å²) in [6.07, 6.45) is 2.60. The Morgan fingerprint density at radius 3 is 2.71 bits per heavy atom. The van der Waals surface area contributed by atoms with Crippen LogP contribution in [0.1, 0.15) is 37.8 Å². The van der Waals surface area contributed by atoms with E-state index < -0.39 is 0 Å². The van der Waals surface area contributed by atoms with Gasteiger partial charge in [-0.05, 0) is 42.3 Å². The van der Waals surface area contributed by atoms with Crippen LogP contribution in [-0.4, -0.2) is 28.9 Å². The van der Waals surface area contributed by atoms with Crippen LogP contribution in [0.15, 0.2) is 50.7 Å². The maximum Gasteiger partial charge on any atom is 0.311 e. The number of halogens is 1. The predicted octanol–water partition coefficient (Wildman–Crippen LogP) is 4.72. The number of aromatic amines is 1. The molecular formula is C23H23BrN2O5. The molecule has 0 spiro atoms. The molecule has 3 rings (SSSR count). The standard InChI is InChI=1S/C23H23BrN2O5/c1-3-9-30-19-8-5-14(10-20(19)31-21(27)4-2)12-25-13-18-17-11-15(24)6-7-16(17)22(28)26-23(18)29/h5-8,10-11,13H,3-4,9,12H2,1-2H3,(H2,26,28,29). The number of aliphatic imine (C=N–C) groups is 1. The lowest BCUT2D eigenvalue weighted by atomic mass is 10.1. The van der Waals surface area contributed by atoms with Gasteiger partial charge in [0.15, 0.2) is 11.5 Å². The smallest absolute Gasteiger partial charge is 0.311 e. The number of rotatable bonds is 8. The molecule has 3 aromatic rings. The second-order valence-corrected chi connectivity index (χ2v) is 7.75. The molecule has 0 fully saturated rings. The zero-order chi connectivity index (χ0) is 22.4. The summed E-state index contributed by atoms with van der Waals surface area (Å²) in [4.78, 5) is 30.7. The Kier molecular flexibility index (Phi) is 7.46. The Morgan fingerprint density at radius 2 is 1.97 bits per heavy atom. The quantitative estimate of drug-likeness (QED) is 0.272. The number of fused-ring (bicyclic) bond motifs is 1. The number of nitrogens with zero attached hydrogens (tertiary/aromatic N) is 1. The number of carbonyl (C=O) groups excluding carboxylic acids is 1. The zero-order valence-corrected chi connectivity index (χ0v) is 18.9. The first-order valence-corrected chi connectivity index (χ1v) is 10.7. The lowest BCUT2D eigenvalue weighted by Crippen LogP contribution is -2.08. The monoisotopic (exact) mass is 486 g/mol.